The Morgan fingerprint density at radius 1 is 1.50 bits per heavy atom. The molecule has 0 bridgehead atoms. The normalized spacial score (nSPS) is 11.6. The lowest BCUT2D eigenvalue weighted by Gasteiger charge is -1.98. The Labute approximate surface area is 74.4 Å². The maximum Gasteiger partial charge on any atom is 0.351 e. The third-order valence-electron chi connectivity index (χ3n) is 1.18. The Bertz CT molecular complexity index is 404. The van der Waals surface area contributed by atoms with Crippen molar-refractivity contribution >= 4 is 21.8 Å². The van der Waals surface area contributed by atoms with Gasteiger partial charge in [-0.05, 0) is 19.1 Å². The van der Waals surface area contributed by atoms with E-state index in [9.17, 15) is 12.3 Å². The van der Waals surface area contributed by atoms with Gasteiger partial charge in [0.25, 0.3) is 0 Å². The lowest BCUT2D eigenvalue weighted by Crippen LogP contribution is -1.98. The van der Waals surface area contributed by atoms with Crippen molar-refractivity contribution in [2.45, 2.75) is 11.9 Å². The van der Waals surface area contributed by atoms with Crippen LogP contribution < -0.4 is 0 Å². The summed E-state index contributed by atoms with van der Waals surface area (Å²) in [6.07, 6.45) is 0. The van der Waals surface area contributed by atoms with Crippen LogP contribution in [0.25, 0.3) is 0 Å². The second kappa shape index (κ2) is 2.99. The fraction of sp³-hybridized carbons (Fsp3) is 0.167. The van der Waals surface area contributed by atoms with Gasteiger partial charge in [0.05, 0.1) is 5.02 Å². The lowest BCUT2D eigenvalue weighted by atomic mass is 10.4. The van der Waals surface area contributed by atoms with Crippen molar-refractivity contribution in [3.05, 3.63) is 22.8 Å². The van der Waals surface area contributed by atoms with Crippen molar-refractivity contribution in [2.75, 3.05) is 0 Å². The fourth-order valence-corrected chi connectivity index (χ4v) is 1.62. The molecule has 3 nitrogen and oxygen atoms in total. The molecule has 66 valence electrons. The number of aryl methyl sites for hydroxylation is 1. The van der Waals surface area contributed by atoms with Crippen LogP contribution in [0.2, 0.25) is 5.02 Å². The second-order valence-electron chi connectivity index (χ2n) is 2.18. The topological polar surface area (TPSA) is 47.0 Å². The van der Waals surface area contributed by atoms with Crippen LogP contribution in [0.1, 0.15) is 5.69 Å². The van der Waals surface area contributed by atoms with Crippen LogP contribution in [-0.4, -0.2) is 13.4 Å². The van der Waals surface area contributed by atoms with Gasteiger partial charge >= 0.3 is 10.2 Å². The molecule has 0 spiro atoms. The maximum absolute atomic E-state index is 12.4. The van der Waals surface area contributed by atoms with Gasteiger partial charge < -0.3 is 0 Å². The summed E-state index contributed by atoms with van der Waals surface area (Å²) >= 11 is 5.40. The van der Waals surface area contributed by atoms with E-state index in [1.165, 1.54) is 12.1 Å². The molecular formula is C6H5ClFNO2S. The van der Waals surface area contributed by atoms with E-state index in [1.54, 1.807) is 6.92 Å². The molecule has 0 aliphatic rings. The summed E-state index contributed by atoms with van der Waals surface area (Å²) in [4.78, 5) is 3.45. The molecule has 0 N–H and O–H groups in total. The van der Waals surface area contributed by atoms with Crippen molar-refractivity contribution in [1.29, 1.82) is 0 Å². The van der Waals surface area contributed by atoms with Gasteiger partial charge in [0, 0.05) is 5.69 Å². The standard InChI is InChI=1S/C6H5ClFNO2S/c1-4-2-3-5(7)6(9-4)12(8,10)11/h2-3H,1H3. The molecule has 0 atom stereocenters. The summed E-state index contributed by atoms with van der Waals surface area (Å²) in [6.45, 7) is 1.55. The van der Waals surface area contributed by atoms with Crippen LogP contribution in [0.15, 0.2) is 17.2 Å². The van der Waals surface area contributed by atoms with Crippen molar-refractivity contribution in [3.63, 3.8) is 0 Å². The number of hydrogen-bond donors (Lipinski definition) is 0. The zero-order valence-corrected chi connectivity index (χ0v) is 7.66. The molecule has 0 radical (unpaired) electrons. The van der Waals surface area contributed by atoms with Gasteiger partial charge in [-0.25, -0.2) is 4.98 Å². The highest BCUT2D eigenvalue weighted by Gasteiger charge is 2.18. The fourth-order valence-electron chi connectivity index (χ4n) is 0.687. The number of aromatic nitrogens is 1. The molecule has 0 fully saturated rings. The summed E-state index contributed by atoms with van der Waals surface area (Å²) in [5.74, 6) is 0. The van der Waals surface area contributed by atoms with Crippen LogP contribution >= 0.6 is 11.6 Å². The highest BCUT2D eigenvalue weighted by atomic mass is 35.5. The summed E-state index contributed by atoms with van der Waals surface area (Å²) < 4.78 is 33.2. The Morgan fingerprint density at radius 3 is 2.50 bits per heavy atom. The van der Waals surface area contributed by atoms with E-state index >= 15 is 0 Å². The van der Waals surface area contributed by atoms with Gasteiger partial charge in [-0.1, -0.05) is 15.5 Å². The molecular weight excluding hydrogens is 205 g/mol. The van der Waals surface area contributed by atoms with Crippen LogP contribution in [0.4, 0.5) is 3.89 Å². The van der Waals surface area contributed by atoms with Crippen LogP contribution in [0.5, 0.6) is 0 Å². The van der Waals surface area contributed by atoms with Crippen molar-refractivity contribution < 1.29 is 12.3 Å². The summed E-state index contributed by atoms with van der Waals surface area (Å²) in [5, 5.41) is -0.924. The van der Waals surface area contributed by atoms with E-state index in [2.05, 4.69) is 4.98 Å². The molecule has 0 amide bonds. The third kappa shape index (κ3) is 1.92. The molecule has 0 aliphatic heterocycles. The van der Waals surface area contributed by atoms with Crippen molar-refractivity contribution in [1.82, 2.24) is 4.98 Å². The molecule has 6 heteroatoms. The van der Waals surface area contributed by atoms with E-state index in [1.807, 2.05) is 0 Å². The number of hydrogen-bond acceptors (Lipinski definition) is 3. The predicted molar refractivity (Wildman–Crippen MR) is 42.3 cm³/mol. The van der Waals surface area contributed by atoms with Gasteiger partial charge in [0.1, 0.15) is 0 Å². The van der Waals surface area contributed by atoms with E-state index in [0.717, 1.165) is 0 Å². The minimum Gasteiger partial charge on any atom is -0.238 e. The summed E-state index contributed by atoms with van der Waals surface area (Å²) in [7, 11) is -4.80. The number of pyridine rings is 1. The van der Waals surface area contributed by atoms with E-state index in [-0.39, 0.29) is 5.02 Å². The van der Waals surface area contributed by atoms with Gasteiger partial charge in [-0.3, -0.25) is 0 Å². The van der Waals surface area contributed by atoms with Crippen LogP contribution in [-0.2, 0) is 10.2 Å². The molecule has 0 saturated carbocycles. The molecule has 12 heavy (non-hydrogen) atoms. The monoisotopic (exact) mass is 209 g/mol. The average Bonchev–Trinajstić information content (AvgIpc) is 1.92. The van der Waals surface area contributed by atoms with Crippen LogP contribution in [0, 0.1) is 6.92 Å². The molecule has 1 aromatic heterocycles. The van der Waals surface area contributed by atoms with Gasteiger partial charge in [0.15, 0.2) is 0 Å². The first-order valence-electron chi connectivity index (χ1n) is 2.99. The zero-order valence-electron chi connectivity index (χ0n) is 6.08. The minimum atomic E-state index is -4.80. The SMILES string of the molecule is Cc1ccc(Cl)c(S(=O)(=O)F)n1. The van der Waals surface area contributed by atoms with E-state index in [4.69, 9.17) is 11.6 Å². The molecule has 1 aromatic rings. The molecule has 0 aliphatic carbocycles. The van der Waals surface area contributed by atoms with E-state index in [0.29, 0.717) is 5.69 Å². The lowest BCUT2D eigenvalue weighted by molar-refractivity contribution is 0.547. The average molecular weight is 210 g/mol. The highest BCUT2D eigenvalue weighted by molar-refractivity contribution is 7.86. The minimum absolute atomic E-state index is 0.205. The van der Waals surface area contributed by atoms with Gasteiger partial charge in [-0.2, -0.15) is 8.42 Å². The van der Waals surface area contributed by atoms with Gasteiger partial charge in [-0.15, -0.1) is 0 Å². The quantitative estimate of drug-likeness (QED) is 0.662. The Balaban J connectivity index is 3.43. The highest BCUT2D eigenvalue weighted by Crippen LogP contribution is 2.20. The maximum atomic E-state index is 12.4. The number of halogens is 2. The second-order valence-corrected chi connectivity index (χ2v) is 3.85. The Morgan fingerprint density at radius 2 is 2.08 bits per heavy atom. The van der Waals surface area contributed by atoms with E-state index < -0.39 is 15.2 Å². The Hall–Kier alpha value is -0.680. The van der Waals surface area contributed by atoms with Gasteiger partial charge in [0.2, 0.25) is 5.03 Å². The molecule has 0 saturated heterocycles. The first-order valence-corrected chi connectivity index (χ1v) is 4.75. The number of rotatable bonds is 1. The first-order chi connectivity index (χ1) is 5.41. The summed E-state index contributed by atoms with van der Waals surface area (Å²) in [5.41, 5.74) is 0.399. The molecule has 1 heterocycles. The smallest absolute Gasteiger partial charge is 0.238 e. The molecule has 1 rings (SSSR count). The van der Waals surface area contributed by atoms with Crippen molar-refractivity contribution in [2.24, 2.45) is 0 Å². The van der Waals surface area contributed by atoms with Crippen LogP contribution in [0.3, 0.4) is 0 Å². The van der Waals surface area contributed by atoms with Crippen molar-refractivity contribution in [3.8, 4) is 0 Å². The third-order valence-corrected chi connectivity index (χ3v) is 2.37. The first kappa shape index (κ1) is 9.41. The Kier molecular flexibility index (Phi) is 2.34. The molecule has 0 aromatic carbocycles. The largest absolute Gasteiger partial charge is 0.351 e. The summed E-state index contributed by atoms with van der Waals surface area (Å²) in [6, 6.07) is 2.79. The zero-order chi connectivity index (χ0) is 9.35. The molecule has 0 unspecified atom stereocenters. The predicted octanol–water partition coefficient (Wildman–Crippen LogP) is 1.70. The number of nitrogens with zero attached hydrogens (tertiary/aromatic N) is 1.